The van der Waals surface area contributed by atoms with Crippen molar-refractivity contribution < 1.29 is 4.48 Å². The van der Waals surface area contributed by atoms with Gasteiger partial charge in [-0.15, -0.1) is 0 Å². The lowest BCUT2D eigenvalue weighted by Crippen LogP contribution is -2.61. The Hall–Kier alpha value is -0.0400. The van der Waals surface area contributed by atoms with Crippen LogP contribution in [0, 0.1) is 23.7 Å². The maximum atomic E-state index is 2.46. The van der Waals surface area contributed by atoms with Crippen molar-refractivity contribution in [2.45, 2.75) is 40.5 Å². The molecule has 2 fully saturated rings. The Balaban J connectivity index is 2.10. The van der Waals surface area contributed by atoms with E-state index in [1.54, 1.807) is 0 Å². The number of nitrogens with zero attached hydrogens (tertiary/aromatic N) is 1. The van der Waals surface area contributed by atoms with Gasteiger partial charge < -0.3 is 4.48 Å². The lowest BCUT2D eigenvalue weighted by molar-refractivity contribution is -0.949. The molecule has 0 aromatic heterocycles. The Morgan fingerprint density at radius 2 is 0.867 bits per heavy atom. The molecule has 2 aliphatic heterocycles. The van der Waals surface area contributed by atoms with Crippen LogP contribution in [0.2, 0.25) is 0 Å². The molecule has 2 saturated heterocycles. The van der Waals surface area contributed by atoms with Crippen molar-refractivity contribution in [3.8, 4) is 0 Å². The van der Waals surface area contributed by atoms with Gasteiger partial charge in [-0.05, 0) is 12.8 Å². The summed E-state index contributed by atoms with van der Waals surface area (Å²) in [6.45, 7) is 15.7. The molecule has 1 heteroatoms. The van der Waals surface area contributed by atoms with E-state index < -0.39 is 0 Å². The largest absolute Gasteiger partial charge is 0.323 e. The molecule has 15 heavy (non-hydrogen) atoms. The molecule has 0 aromatic rings. The van der Waals surface area contributed by atoms with Gasteiger partial charge in [-0.1, -0.05) is 27.7 Å². The molecule has 2 rings (SSSR count). The maximum absolute atomic E-state index is 2.46. The van der Waals surface area contributed by atoms with Crippen molar-refractivity contribution in [3.05, 3.63) is 0 Å². The van der Waals surface area contributed by atoms with Gasteiger partial charge in [-0.3, -0.25) is 0 Å². The Kier molecular flexibility index (Phi) is 3.12. The summed E-state index contributed by atoms with van der Waals surface area (Å²) in [7, 11) is 0. The predicted octanol–water partition coefficient (Wildman–Crippen LogP) is 3.16. The smallest absolute Gasteiger partial charge is 0.0812 e. The topological polar surface area (TPSA) is 0 Å². The standard InChI is InChI=1S/C14H28N/c1-11-5-12(2)8-15(7-11)9-13(3)6-14(4)10-15/h11-14H,5-10H2,1-4H3/q+1. The fourth-order valence-electron chi connectivity index (χ4n) is 4.76. The molecule has 4 unspecified atom stereocenters. The molecule has 0 saturated carbocycles. The third kappa shape index (κ3) is 2.55. The monoisotopic (exact) mass is 210 g/mol. The van der Waals surface area contributed by atoms with Crippen LogP contribution < -0.4 is 0 Å². The Labute approximate surface area is 95.4 Å². The molecule has 1 spiro atoms. The van der Waals surface area contributed by atoms with Gasteiger partial charge in [0.25, 0.3) is 0 Å². The summed E-state index contributed by atoms with van der Waals surface area (Å²) in [5.74, 6) is 3.80. The third-order valence-electron chi connectivity index (χ3n) is 4.41. The fourth-order valence-corrected chi connectivity index (χ4v) is 4.76. The zero-order valence-electron chi connectivity index (χ0n) is 11.0. The lowest BCUT2D eigenvalue weighted by atomic mass is 9.83. The highest BCUT2D eigenvalue weighted by molar-refractivity contribution is 4.73. The van der Waals surface area contributed by atoms with Gasteiger partial charge in [0, 0.05) is 23.7 Å². The van der Waals surface area contributed by atoms with Gasteiger partial charge in [0.15, 0.2) is 0 Å². The van der Waals surface area contributed by atoms with Crippen LogP contribution in [0.1, 0.15) is 40.5 Å². The van der Waals surface area contributed by atoms with Crippen LogP contribution >= 0.6 is 0 Å². The summed E-state index contributed by atoms with van der Waals surface area (Å²) in [5.41, 5.74) is 0. The van der Waals surface area contributed by atoms with Crippen molar-refractivity contribution in [2.24, 2.45) is 23.7 Å². The first-order valence-corrected chi connectivity index (χ1v) is 6.84. The highest BCUT2D eigenvalue weighted by atomic mass is 15.4. The van der Waals surface area contributed by atoms with Gasteiger partial charge in [0.05, 0.1) is 26.2 Å². The number of quaternary nitrogens is 1. The highest BCUT2D eigenvalue weighted by Gasteiger charge is 2.41. The van der Waals surface area contributed by atoms with Gasteiger partial charge in [0.1, 0.15) is 0 Å². The van der Waals surface area contributed by atoms with E-state index in [1.807, 2.05) is 0 Å². The molecule has 1 nitrogen and oxygen atoms in total. The van der Waals surface area contributed by atoms with Crippen LogP contribution in [-0.2, 0) is 0 Å². The number of hydrogen-bond donors (Lipinski definition) is 0. The minimum atomic E-state index is 0.950. The molecular formula is C14H28N+. The van der Waals surface area contributed by atoms with Gasteiger partial charge in [-0.2, -0.15) is 0 Å². The minimum Gasteiger partial charge on any atom is -0.323 e. The summed E-state index contributed by atoms with van der Waals surface area (Å²) in [6.07, 6.45) is 2.92. The summed E-state index contributed by atoms with van der Waals surface area (Å²) in [4.78, 5) is 0. The van der Waals surface area contributed by atoms with E-state index in [2.05, 4.69) is 27.7 Å². The van der Waals surface area contributed by atoms with E-state index in [-0.39, 0.29) is 0 Å². The molecule has 0 radical (unpaired) electrons. The van der Waals surface area contributed by atoms with E-state index in [9.17, 15) is 0 Å². The first-order chi connectivity index (χ1) is 6.99. The zero-order chi connectivity index (χ0) is 11.1. The van der Waals surface area contributed by atoms with Crippen molar-refractivity contribution in [2.75, 3.05) is 26.2 Å². The minimum absolute atomic E-state index is 0.950. The molecular weight excluding hydrogens is 182 g/mol. The average molecular weight is 210 g/mol. The van der Waals surface area contributed by atoms with E-state index in [4.69, 9.17) is 0 Å². The molecule has 2 aliphatic rings. The Morgan fingerprint density at radius 3 is 1.13 bits per heavy atom. The second-order valence-electron chi connectivity index (χ2n) is 6.96. The zero-order valence-corrected chi connectivity index (χ0v) is 11.0. The number of rotatable bonds is 0. The summed E-state index contributed by atoms with van der Waals surface area (Å²) < 4.78 is 1.45. The second kappa shape index (κ2) is 4.08. The first-order valence-electron chi connectivity index (χ1n) is 6.84. The van der Waals surface area contributed by atoms with Gasteiger partial charge in [-0.25, -0.2) is 0 Å². The van der Waals surface area contributed by atoms with Crippen molar-refractivity contribution in [1.29, 1.82) is 0 Å². The molecule has 0 aliphatic carbocycles. The summed E-state index contributed by atoms with van der Waals surface area (Å²) in [5, 5.41) is 0. The SMILES string of the molecule is CC1CC(C)C[N+]2(C1)CC(C)CC(C)C2. The van der Waals surface area contributed by atoms with Gasteiger partial charge in [0.2, 0.25) is 0 Å². The van der Waals surface area contributed by atoms with E-state index in [0.29, 0.717) is 0 Å². The molecule has 0 aromatic carbocycles. The fraction of sp³-hybridized carbons (Fsp3) is 1.00. The van der Waals surface area contributed by atoms with Crippen LogP contribution in [0.25, 0.3) is 0 Å². The van der Waals surface area contributed by atoms with Crippen LogP contribution in [0.15, 0.2) is 0 Å². The second-order valence-corrected chi connectivity index (χ2v) is 6.96. The Morgan fingerprint density at radius 1 is 0.600 bits per heavy atom. The van der Waals surface area contributed by atoms with Crippen molar-refractivity contribution >= 4 is 0 Å². The predicted molar refractivity (Wildman–Crippen MR) is 65.6 cm³/mol. The van der Waals surface area contributed by atoms with Crippen LogP contribution in [0.4, 0.5) is 0 Å². The van der Waals surface area contributed by atoms with Crippen LogP contribution in [0.3, 0.4) is 0 Å². The maximum Gasteiger partial charge on any atom is 0.0812 e. The molecule has 4 atom stereocenters. The van der Waals surface area contributed by atoms with E-state index >= 15 is 0 Å². The summed E-state index contributed by atoms with van der Waals surface area (Å²) >= 11 is 0. The Bertz CT molecular complexity index is 176. The van der Waals surface area contributed by atoms with Gasteiger partial charge >= 0.3 is 0 Å². The average Bonchev–Trinajstić information content (AvgIpc) is 1.96. The van der Waals surface area contributed by atoms with E-state index in [1.165, 1.54) is 43.5 Å². The van der Waals surface area contributed by atoms with E-state index in [0.717, 1.165) is 23.7 Å². The first kappa shape index (κ1) is 11.4. The molecule has 0 N–H and O–H groups in total. The van der Waals surface area contributed by atoms with Crippen molar-refractivity contribution in [1.82, 2.24) is 0 Å². The quantitative estimate of drug-likeness (QED) is 0.539. The van der Waals surface area contributed by atoms with Crippen LogP contribution in [0.5, 0.6) is 0 Å². The summed E-state index contributed by atoms with van der Waals surface area (Å²) in [6, 6.07) is 0. The van der Waals surface area contributed by atoms with Crippen molar-refractivity contribution in [3.63, 3.8) is 0 Å². The molecule has 0 amide bonds. The lowest BCUT2D eigenvalue weighted by Gasteiger charge is -2.51. The molecule has 88 valence electrons. The normalized spacial score (nSPS) is 52.0. The number of piperidine rings is 2. The molecule has 2 heterocycles. The number of hydrogen-bond acceptors (Lipinski definition) is 0. The molecule has 0 bridgehead atoms. The highest BCUT2D eigenvalue weighted by Crippen LogP contribution is 2.34. The third-order valence-corrected chi connectivity index (χ3v) is 4.41. The van der Waals surface area contributed by atoms with Crippen LogP contribution in [-0.4, -0.2) is 30.7 Å².